The van der Waals surface area contributed by atoms with Gasteiger partial charge in [-0.15, -0.1) is 0 Å². The van der Waals surface area contributed by atoms with Gasteiger partial charge in [-0.3, -0.25) is 14.4 Å². The van der Waals surface area contributed by atoms with Crippen LogP contribution in [-0.2, 0) is 28.6 Å². The Morgan fingerprint density at radius 1 is 0.266 bits per heavy atom. The normalized spacial score (nSPS) is 12.8. The highest BCUT2D eigenvalue weighted by Gasteiger charge is 2.19. The smallest absolute Gasteiger partial charge is 0.306 e. The van der Waals surface area contributed by atoms with Gasteiger partial charge in [-0.25, -0.2) is 0 Å². The van der Waals surface area contributed by atoms with Crippen LogP contribution in [0.15, 0.2) is 109 Å². The van der Waals surface area contributed by atoms with Crippen LogP contribution in [-0.4, -0.2) is 37.2 Å². The molecular formula is C73H124O6. The van der Waals surface area contributed by atoms with Gasteiger partial charge in [0.2, 0.25) is 0 Å². The van der Waals surface area contributed by atoms with Crippen LogP contribution < -0.4 is 0 Å². The lowest BCUT2D eigenvalue weighted by atomic mass is 10.0. The Balaban J connectivity index is 4.38. The molecule has 0 spiro atoms. The molecule has 0 saturated carbocycles. The highest BCUT2D eigenvalue weighted by molar-refractivity contribution is 5.71. The summed E-state index contributed by atoms with van der Waals surface area (Å²) in [5, 5.41) is 0. The van der Waals surface area contributed by atoms with Crippen molar-refractivity contribution in [2.24, 2.45) is 0 Å². The van der Waals surface area contributed by atoms with Gasteiger partial charge in [0.15, 0.2) is 6.10 Å². The summed E-state index contributed by atoms with van der Waals surface area (Å²) in [6.45, 7) is 6.49. The second-order valence-electron chi connectivity index (χ2n) is 22.0. The molecule has 0 aromatic carbocycles. The highest BCUT2D eigenvalue weighted by Crippen LogP contribution is 2.17. The Hall–Kier alpha value is -3.93. The molecule has 0 aliphatic heterocycles. The molecule has 0 heterocycles. The molecule has 0 radical (unpaired) electrons. The lowest BCUT2D eigenvalue weighted by molar-refractivity contribution is -0.167. The number of esters is 3. The number of unbranched alkanes of at least 4 members (excludes halogenated alkanes) is 31. The van der Waals surface area contributed by atoms with E-state index in [1.165, 1.54) is 128 Å². The van der Waals surface area contributed by atoms with Crippen LogP contribution in [0.4, 0.5) is 0 Å². The van der Waals surface area contributed by atoms with Crippen molar-refractivity contribution in [1.82, 2.24) is 0 Å². The molecule has 0 rings (SSSR count). The summed E-state index contributed by atoms with van der Waals surface area (Å²) in [6, 6.07) is 0. The van der Waals surface area contributed by atoms with E-state index >= 15 is 0 Å². The summed E-state index contributed by atoms with van der Waals surface area (Å²) >= 11 is 0. The van der Waals surface area contributed by atoms with Crippen LogP contribution in [0.2, 0.25) is 0 Å². The monoisotopic (exact) mass is 1100 g/mol. The van der Waals surface area contributed by atoms with Crippen molar-refractivity contribution in [2.45, 2.75) is 322 Å². The molecule has 1 unspecified atom stereocenters. The second-order valence-corrected chi connectivity index (χ2v) is 22.0. The summed E-state index contributed by atoms with van der Waals surface area (Å²) in [5.74, 6) is -0.911. The van der Waals surface area contributed by atoms with Crippen molar-refractivity contribution in [3.63, 3.8) is 0 Å². The van der Waals surface area contributed by atoms with Gasteiger partial charge in [0.25, 0.3) is 0 Å². The van der Waals surface area contributed by atoms with Crippen molar-refractivity contribution in [3.8, 4) is 0 Å². The summed E-state index contributed by atoms with van der Waals surface area (Å²) < 4.78 is 16.9. The largest absolute Gasteiger partial charge is 0.462 e. The maximum absolute atomic E-state index is 12.9. The van der Waals surface area contributed by atoms with E-state index in [-0.39, 0.29) is 31.1 Å². The van der Waals surface area contributed by atoms with Crippen LogP contribution in [0, 0.1) is 0 Å². The van der Waals surface area contributed by atoms with Gasteiger partial charge < -0.3 is 14.2 Å². The zero-order chi connectivity index (χ0) is 57.1. The first-order valence-electron chi connectivity index (χ1n) is 33.4. The van der Waals surface area contributed by atoms with Crippen LogP contribution in [0.5, 0.6) is 0 Å². The van der Waals surface area contributed by atoms with Crippen molar-refractivity contribution in [3.05, 3.63) is 109 Å². The zero-order valence-corrected chi connectivity index (χ0v) is 51.9. The van der Waals surface area contributed by atoms with Gasteiger partial charge in [0.1, 0.15) is 13.2 Å². The molecule has 0 fully saturated rings. The van der Waals surface area contributed by atoms with E-state index in [0.29, 0.717) is 19.3 Å². The number of rotatable bonds is 60. The Kier molecular flexibility index (Phi) is 63.3. The van der Waals surface area contributed by atoms with E-state index in [0.717, 1.165) is 148 Å². The molecule has 6 heteroatoms. The highest BCUT2D eigenvalue weighted by atomic mass is 16.6. The van der Waals surface area contributed by atoms with Crippen molar-refractivity contribution in [2.75, 3.05) is 13.2 Å². The number of allylic oxidation sites excluding steroid dienone is 18. The zero-order valence-electron chi connectivity index (χ0n) is 51.9. The average molecular weight is 1100 g/mol. The van der Waals surface area contributed by atoms with E-state index in [1.54, 1.807) is 0 Å². The molecule has 0 aliphatic carbocycles. The van der Waals surface area contributed by atoms with Crippen LogP contribution in [0.25, 0.3) is 0 Å². The fourth-order valence-corrected chi connectivity index (χ4v) is 9.26. The predicted octanol–water partition coefficient (Wildman–Crippen LogP) is 23.0. The molecule has 0 bridgehead atoms. The van der Waals surface area contributed by atoms with Crippen molar-refractivity contribution in [1.29, 1.82) is 0 Å². The van der Waals surface area contributed by atoms with E-state index in [4.69, 9.17) is 14.2 Å². The summed E-state index contributed by atoms with van der Waals surface area (Å²) in [5.41, 5.74) is 0. The SMILES string of the molecule is CC/C=C\C/C=C\C/C=C\C/C=C\C/C=C\C/C=C\C/C=C\CCCCCCCC(=O)OCC(COC(=O)CCCCCCC/C=C\C/C=C\CCCC)OC(=O)CCCCCCCCCCCCCCCCCCCCCC. The van der Waals surface area contributed by atoms with Gasteiger partial charge in [0.05, 0.1) is 0 Å². The summed E-state index contributed by atoms with van der Waals surface area (Å²) in [7, 11) is 0. The number of ether oxygens (including phenoxy) is 3. The number of hydrogen-bond acceptors (Lipinski definition) is 6. The standard InChI is InChI=1S/C73H124O6/c1-4-7-10-13-16-19-22-25-28-30-32-34-35-36-37-38-39-40-42-43-45-48-51-54-57-60-63-66-72(75)78-69-70(68-77-71(74)65-62-59-56-53-50-47-27-24-21-18-15-12-9-6-3)79-73(76)67-64-61-58-55-52-49-46-44-41-33-31-29-26-23-20-17-14-11-8-5-2/h7,10,15-16,18-19,24-25,27-28,32,34,36-37,39-40,43,45,70H,4-6,8-9,11-14,17,20-23,26,29-31,33,35,38,41-42,44,46-69H2,1-3H3/b10-7-,18-15-,19-16-,27-24-,28-25-,34-32-,37-36-,40-39-,45-43-. The van der Waals surface area contributed by atoms with E-state index in [2.05, 4.69) is 130 Å². The minimum absolute atomic E-state index is 0.0902. The maximum Gasteiger partial charge on any atom is 0.306 e. The van der Waals surface area contributed by atoms with Crippen molar-refractivity contribution >= 4 is 17.9 Å². The molecule has 1 atom stereocenters. The van der Waals surface area contributed by atoms with Gasteiger partial charge in [-0.2, -0.15) is 0 Å². The first-order valence-corrected chi connectivity index (χ1v) is 33.4. The third-order valence-corrected chi connectivity index (χ3v) is 14.3. The topological polar surface area (TPSA) is 78.9 Å². The molecule has 0 N–H and O–H groups in total. The predicted molar refractivity (Wildman–Crippen MR) is 343 cm³/mol. The van der Waals surface area contributed by atoms with E-state index in [1.807, 2.05) is 0 Å². The molecule has 0 aromatic heterocycles. The minimum Gasteiger partial charge on any atom is -0.462 e. The van der Waals surface area contributed by atoms with Crippen LogP contribution in [0.3, 0.4) is 0 Å². The third kappa shape index (κ3) is 64.8. The number of carbonyl (C=O) groups is 3. The van der Waals surface area contributed by atoms with Gasteiger partial charge in [-0.1, -0.05) is 304 Å². The number of carbonyl (C=O) groups excluding carboxylic acids is 3. The Morgan fingerprint density at radius 3 is 0.810 bits per heavy atom. The minimum atomic E-state index is -0.794. The fraction of sp³-hybridized carbons (Fsp3) is 0.712. The lowest BCUT2D eigenvalue weighted by Crippen LogP contribution is -2.30. The molecule has 79 heavy (non-hydrogen) atoms. The second kappa shape index (κ2) is 66.6. The Bertz CT molecular complexity index is 1590. The molecule has 0 amide bonds. The van der Waals surface area contributed by atoms with Crippen LogP contribution in [0.1, 0.15) is 316 Å². The quantitative estimate of drug-likeness (QED) is 0.0261. The fourth-order valence-electron chi connectivity index (χ4n) is 9.26. The van der Waals surface area contributed by atoms with E-state index < -0.39 is 6.10 Å². The van der Waals surface area contributed by atoms with Gasteiger partial charge in [0, 0.05) is 19.3 Å². The molecule has 6 nitrogen and oxygen atoms in total. The van der Waals surface area contributed by atoms with Crippen molar-refractivity contribution < 1.29 is 28.6 Å². The first-order chi connectivity index (χ1) is 39.0. The van der Waals surface area contributed by atoms with Gasteiger partial charge >= 0.3 is 17.9 Å². The summed E-state index contributed by atoms with van der Waals surface area (Å²) in [4.78, 5) is 38.4. The maximum atomic E-state index is 12.9. The Morgan fingerprint density at radius 2 is 0.506 bits per heavy atom. The lowest BCUT2D eigenvalue weighted by Gasteiger charge is -2.18. The first kappa shape index (κ1) is 75.1. The molecule has 0 saturated heterocycles. The molecule has 0 aliphatic rings. The third-order valence-electron chi connectivity index (χ3n) is 14.3. The molecular weight excluding hydrogens is 973 g/mol. The van der Waals surface area contributed by atoms with E-state index in [9.17, 15) is 14.4 Å². The average Bonchev–Trinajstić information content (AvgIpc) is 3.45. The Labute approximate surface area is 489 Å². The summed E-state index contributed by atoms with van der Waals surface area (Å²) in [6.07, 6.45) is 91.0. The molecule has 0 aromatic rings. The van der Waals surface area contributed by atoms with Crippen LogP contribution >= 0.6 is 0 Å². The molecule has 452 valence electrons. The van der Waals surface area contributed by atoms with Gasteiger partial charge in [-0.05, 0) is 103 Å². The number of hydrogen-bond donors (Lipinski definition) is 0.